The highest BCUT2D eigenvalue weighted by Gasteiger charge is 2.16. The Labute approximate surface area is 155 Å². The molecule has 136 valence electrons. The number of halogens is 1. The van der Waals surface area contributed by atoms with E-state index in [2.05, 4.69) is 5.32 Å². The number of rotatable bonds is 7. The van der Waals surface area contributed by atoms with Crippen LogP contribution in [0.3, 0.4) is 0 Å². The summed E-state index contributed by atoms with van der Waals surface area (Å²) in [7, 11) is -3.42. The maximum absolute atomic E-state index is 12.4. The smallest absolute Gasteiger partial charge is 0.241 e. The Morgan fingerprint density at radius 2 is 1.80 bits per heavy atom. The number of carbonyl (C=O) groups is 1. The zero-order chi connectivity index (χ0) is 17.6. The number of hydrogen-bond donors (Lipinski definition) is 2. The van der Waals surface area contributed by atoms with E-state index in [9.17, 15) is 13.2 Å². The van der Waals surface area contributed by atoms with Gasteiger partial charge in [0.25, 0.3) is 0 Å². The standard InChI is InChI=1S/C18H22N2O3S.ClH/c1-2-7-17(19)18(21)20-15-9-6-8-14(12-15)13-24(22,23)16-10-4-3-5-11-16;/h3-6,8-12,17H,2,7,13,19H2,1H3,(H,20,21);1H. The van der Waals surface area contributed by atoms with Crippen LogP contribution in [-0.4, -0.2) is 20.4 Å². The number of carbonyl (C=O) groups excluding carboxylic acids is 1. The monoisotopic (exact) mass is 382 g/mol. The minimum absolute atomic E-state index is 0. The molecule has 0 spiro atoms. The number of amides is 1. The fourth-order valence-corrected chi connectivity index (χ4v) is 3.70. The van der Waals surface area contributed by atoms with E-state index in [0.717, 1.165) is 6.42 Å². The Bertz CT molecular complexity index is 795. The molecule has 0 radical (unpaired) electrons. The first-order valence-electron chi connectivity index (χ1n) is 7.85. The van der Waals surface area contributed by atoms with E-state index in [1.165, 1.54) is 0 Å². The van der Waals surface area contributed by atoms with Crippen LogP contribution in [0.2, 0.25) is 0 Å². The quantitative estimate of drug-likeness (QED) is 0.769. The Balaban J connectivity index is 0.00000312. The summed E-state index contributed by atoms with van der Waals surface area (Å²) in [4.78, 5) is 12.2. The minimum atomic E-state index is -3.42. The molecule has 25 heavy (non-hydrogen) atoms. The Hall–Kier alpha value is -1.89. The van der Waals surface area contributed by atoms with Gasteiger partial charge in [0.2, 0.25) is 5.91 Å². The maximum Gasteiger partial charge on any atom is 0.241 e. The summed E-state index contributed by atoms with van der Waals surface area (Å²) < 4.78 is 24.8. The molecule has 5 nitrogen and oxygen atoms in total. The van der Waals surface area contributed by atoms with E-state index < -0.39 is 15.9 Å². The lowest BCUT2D eigenvalue weighted by Gasteiger charge is -2.12. The van der Waals surface area contributed by atoms with Gasteiger partial charge in [-0.25, -0.2) is 8.42 Å². The molecule has 2 rings (SSSR count). The van der Waals surface area contributed by atoms with Crippen LogP contribution in [0.5, 0.6) is 0 Å². The molecular formula is C18H23ClN2O3S. The molecule has 0 bridgehead atoms. The highest BCUT2D eigenvalue weighted by molar-refractivity contribution is 7.90. The van der Waals surface area contributed by atoms with E-state index in [1.54, 1.807) is 54.6 Å². The minimum Gasteiger partial charge on any atom is -0.325 e. The maximum atomic E-state index is 12.4. The summed E-state index contributed by atoms with van der Waals surface area (Å²) in [6.07, 6.45) is 1.43. The molecule has 7 heteroatoms. The Morgan fingerprint density at radius 3 is 2.44 bits per heavy atom. The summed E-state index contributed by atoms with van der Waals surface area (Å²) in [5.74, 6) is -0.387. The first-order chi connectivity index (χ1) is 11.4. The van der Waals surface area contributed by atoms with Gasteiger partial charge in [-0.3, -0.25) is 4.79 Å². The number of nitrogens with one attached hydrogen (secondary N) is 1. The number of hydrogen-bond acceptors (Lipinski definition) is 4. The third-order valence-electron chi connectivity index (χ3n) is 3.59. The first kappa shape index (κ1) is 21.2. The molecule has 0 heterocycles. The molecule has 2 aromatic carbocycles. The van der Waals surface area contributed by atoms with Crippen molar-refractivity contribution in [3.05, 3.63) is 60.2 Å². The average Bonchev–Trinajstić information content (AvgIpc) is 2.56. The topological polar surface area (TPSA) is 89.3 Å². The van der Waals surface area contributed by atoms with Crippen molar-refractivity contribution in [2.75, 3.05) is 5.32 Å². The van der Waals surface area contributed by atoms with Gasteiger partial charge in [-0.15, -0.1) is 12.4 Å². The number of sulfone groups is 1. The molecule has 2 aromatic rings. The summed E-state index contributed by atoms with van der Waals surface area (Å²) in [5, 5.41) is 2.73. The van der Waals surface area contributed by atoms with E-state index in [0.29, 0.717) is 17.7 Å². The van der Waals surface area contributed by atoms with Crippen molar-refractivity contribution in [2.24, 2.45) is 5.73 Å². The summed E-state index contributed by atoms with van der Waals surface area (Å²) in [5.41, 5.74) is 6.94. The lowest BCUT2D eigenvalue weighted by molar-refractivity contribution is -0.117. The fraction of sp³-hybridized carbons (Fsp3) is 0.278. The summed E-state index contributed by atoms with van der Waals surface area (Å²) >= 11 is 0. The lowest BCUT2D eigenvalue weighted by Crippen LogP contribution is -2.35. The van der Waals surface area contributed by atoms with Gasteiger partial charge in [-0.1, -0.05) is 43.7 Å². The van der Waals surface area contributed by atoms with Crippen LogP contribution in [-0.2, 0) is 20.4 Å². The molecule has 0 aromatic heterocycles. The molecule has 1 unspecified atom stereocenters. The van der Waals surface area contributed by atoms with Gasteiger partial charge in [-0.2, -0.15) is 0 Å². The predicted molar refractivity (Wildman–Crippen MR) is 103 cm³/mol. The van der Waals surface area contributed by atoms with E-state index in [1.807, 2.05) is 6.92 Å². The molecule has 0 saturated heterocycles. The average molecular weight is 383 g/mol. The number of anilines is 1. The molecule has 1 atom stereocenters. The lowest BCUT2D eigenvalue weighted by atomic mass is 10.1. The van der Waals surface area contributed by atoms with Gasteiger partial charge in [-0.05, 0) is 36.2 Å². The molecule has 0 saturated carbocycles. The number of benzene rings is 2. The SMILES string of the molecule is CCCC(N)C(=O)Nc1cccc(CS(=O)(=O)c2ccccc2)c1.Cl. The van der Waals surface area contributed by atoms with Gasteiger partial charge in [0.15, 0.2) is 9.84 Å². The Kier molecular flexibility index (Phi) is 8.09. The molecule has 3 N–H and O–H groups in total. The fourth-order valence-electron chi connectivity index (χ4n) is 2.35. The van der Waals surface area contributed by atoms with Crippen molar-refractivity contribution in [3.8, 4) is 0 Å². The molecule has 0 aliphatic heterocycles. The van der Waals surface area contributed by atoms with E-state index >= 15 is 0 Å². The van der Waals surface area contributed by atoms with Gasteiger partial charge in [0.05, 0.1) is 16.7 Å². The molecule has 1 amide bonds. The van der Waals surface area contributed by atoms with Gasteiger partial charge < -0.3 is 11.1 Å². The van der Waals surface area contributed by atoms with E-state index in [4.69, 9.17) is 5.73 Å². The zero-order valence-electron chi connectivity index (χ0n) is 14.0. The van der Waals surface area contributed by atoms with Gasteiger partial charge in [0, 0.05) is 5.69 Å². The van der Waals surface area contributed by atoms with Crippen molar-refractivity contribution in [1.29, 1.82) is 0 Å². The van der Waals surface area contributed by atoms with Crippen LogP contribution < -0.4 is 11.1 Å². The molecule has 0 aliphatic rings. The zero-order valence-corrected chi connectivity index (χ0v) is 15.6. The first-order valence-corrected chi connectivity index (χ1v) is 9.51. The summed E-state index contributed by atoms with van der Waals surface area (Å²) in [6, 6.07) is 14.6. The van der Waals surface area contributed by atoms with Crippen LogP contribution >= 0.6 is 12.4 Å². The largest absolute Gasteiger partial charge is 0.325 e. The molecule has 0 aliphatic carbocycles. The van der Waals surface area contributed by atoms with Crippen LogP contribution in [0.1, 0.15) is 25.3 Å². The van der Waals surface area contributed by atoms with Crippen molar-refractivity contribution in [3.63, 3.8) is 0 Å². The predicted octanol–water partition coefficient (Wildman–Crippen LogP) is 3.15. The second kappa shape index (κ2) is 9.56. The Morgan fingerprint density at radius 1 is 1.12 bits per heavy atom. The van der Waals surface area contributed by atoms with Crippen molar-refractivity contribution in [1.82, 2.24) is 0 Å². The highest BCUT2D eigenvalue weighted by Crippen LogP contribution is 2.19. The van der Waals surface area contributed by atoms with Crippen LogP contribution in [0, 0.1) is 0 Å². The van der Waals surface area contributed by atoms with Gasteiger partial charge in [0.1, 0.15) is 0 Å². The van der Waals surface area contributed by atoms with Crippen LogP contribution in [0.15, 0.2) is 59.5 Å². The van der Waals surface area contributed by atoms with Gasteiger partial charge >= 0.3 is 0 Å². The third kappa shape index (κ3) is 6.16. The second-order valence-electron chi connectivity index (χ2n) is 5.66. The van der Waals surface area contributed by atoms with Crippen molar-refractivity contribution >= 4 is 33.8 Å². The van der Waals surface area contributed by atoms with Crippen LogP contribution in [0.4, 0.5) is 5.69 Å². The second-order valence-corrected chi connectivity index (χ2v) is 7.65. The molecular weight excluding hydrogens is 360 g/mol. The highest BCUT2D eigenvalue weighted by atomic mass is 35.5. The van der Waals surface area contributed by atoms with Crippen LogP contribution in [0.25, 0.3) is 0 Å². The third-order valence-corrected chi connectivity index (χ3v) is 5.29. The summed E-state index contributed by atoms with van der Waals surface area (Å²) in [6.45, 7) is 1.96. The van der Waals surface area contributed by atoms with E-state index in [-0.39, 0.29) is 29.0 Å². The van der Waals surface area contributed by atoms with Crippen molar-refractivity contribution < 1.29 is 13.2 Å². The number of nitrogens with two attached hydrogens (primary N) is 1. The van der Waals surface area contributed by atoms with Crippen molar-refractivity contribution in [2.45, 2.75) is 36.5 Å². The normalized spacial score (nSPS) is 12.1. The molecule has 0 fully saturated rings.